The van der Waals surface area contributed by atoms with E-state index in [1.165, 1.54) is 37.3 Å². The molecule has 12 heteroatoms. The van der Waals surface area contributed by atoms with Crippen molar-refractivity contribution in [2.75, 3.05) is 6.61 Å². The van der Waals surface area contributed by atoms with E-state index in [2.05, 4.69) is 0 Å². The summed E-state index contributed by atoms with van der Waals surface area (Å²) in [7, 11) is 0. The summed E-state index contributed by atoms with van der Waals surface area (Å²) < 4.78 is 35.3. The first-order chi connectivity index (χ1) is 17.1. The smallest absolute Gasteiger partial charge is 0.338 e. The van der Waals surface area contributed by atoms with Crippen molar-refractivity contribution >= 4 is 63.9 Å². The molecule has 1 unspecified atom stereocenters. The molecule has 0 saturated carbocycles. The maximum absolute atomic E-state index is 15.1. The molecule has 0 aliphatic carbocycles. The van der Waals surface area contributed by atoms with Crippen LogP contribution in [-0.2, 0) is 14.3 Å². The van der Waals surface area contributed by atoms with Gasteiger partial charge in [-0.1, -0.05) is 35.3 Å². The summed E-state index contributed by atoms with van der Waals surface area (Å²) in [6.45, 7) is 1.46. The molecule has 1 aliphatic heterocycles. The fraction of sp³-hybridized carbons (Fsp3) is 0.125. The van der Waals surface area contributed by atoms with E-state index in [9.17, 15) is 18.8 Å². The van der Waals surface area contributed by atoms with E-state index in [1.807, 2.05) is 0 Å². The molecule has 7 nitrogen and oxygen atoms in total. The van der Waals surface area contributed by atoms with Crippen molar-refractivity contribution in [2.24, 2.45) is 11.5 Å². The molecule has 0 spiro atoms. The maximum atomic E-state index is 15.1. The molecule has 2 heterocycles. The van der Waals surface area contributed by atoms with Crippen molar-refractivity contribution in [1.29, 1.82) is 0 Å². The number of benzene rings is 2. The van der Waals surface area contributed by atoms with Gasteiger partial charge in [0.2, 0.25) is 5.91 Å². The summed E-state index contributed by atoms with van der Waals surface area (Å²) in [5, 5.41) is -0.0674. The van der Waals surface area contributed by atoms with Crippen LogP contribution in [0.4, 0.5) is 8.78 Å². The Hall–Kier alpha value is -3.47. The molecule has 3 aromatic rings. The Balaban J connectivity index is 2.18. The van der Waals surface area contributed by atoms with Crippen molar-refractivity contribution in [3.8, 4) is 0 Å². The number of halogens is 4. The molecule has 1 aromatic heterocycles. The number of nitrogens with zero attached hydrogens (tertiary/aromatic N) is 1. The minimum atomic E-state index is -1.47. The molecule has 4 N–H and O–H groups in total. The third-order valence-corrected chi connectivity index (χ3v) is 7.24. The number of nitrogens with two attached hydrogens (primary N) is 2. The minimum Gasteiger partial charge on any atom is -0.463 e. The molecule has 36 heavy (non-hydrogen) atoms. The van der Waals surface area contributed by atoms with E-state index in [1.54, 1.807) is 0 Å². The predicted molar refractivity (Wildman–Crippen MR) is 134 cm³/mol. The van der Waals surface area contributed by atoms with Crippen LogP contribution in [-0.4, -0.2) is 23.1 Å². The Morgan fingerprint density at radius 3 is 2.33 bits per heavy atom. The van der Waals surface area contributed by atoms with Gasteiger partial charge in [0.1, 0.15) is 22.1 Å². The van der Waals surface area contributed by atoms with Gasteiger partial charge in [-0.2, -0.15) is 0 Å². The Morgan fingerprint density at radius 1 is 1.11 bits per heavy atom. The third-order valence-electron chi connectivity index (χ3n) is 5.47. The van der Waals surface area contributed by atoms with Crippen LogP contribution in [0.2, 0.25) is 10.0 Å². The Labute approximate surface area is 216 Å². The van der Waals surface area contributed by atoms with Crippen LogP contribution in [0.5, 0.6) is 0 Å². The number of aromatic nitrogens is 1. The van der Waals surface area contributed by atoms with Gasteiger partial charge in [0.05, 0.1) is 33.2 Å². The molecular formula is C24H17Cl2F2N3O4S. The van der Waals surface area contributed by atoms with Crippen LogP contribution in [0, 0.1) is 11.6 Å². The number of amides is 1. The Morgan fingerprint density at radius 2 is 1.75 bits per heavy atom. The summed E-state index contributed by atoms with van der Waals surface area (Å²) in [4.78, 5) is 39.1. The van der Waals surface area contributed by atoms with Gasteiger partial charge in [-0.3, -0.25) is 14.2 Å². The molecule has 2 aromatic carbocycles. The first kappa shape index (κ1) is 25.6. The average molecular weight is 552 g/mol. The van der Waals surface area contributed by atoms with E-state index < -0.39 is 40.8 Å². The average Bonchev–Trinajstić information content (AvgIpc) is 3.12. The van der Waals surface area contributed by atoms with Gasteiger partial charge in [-0.25, -0.2) is 13.6 Å². The molecule has 0 radical (unpaired) electrons. The number of carbonyl (C=O) groups is 2. The largest absolute Gasteiger partial charge is 0.463 e. The summed E-state index contributed by atoms with van der Waals surface area (Å²) in [6, 6.07) is 7.80. The maximum Gasteiger partial charge on any atom is 0.338 e. The lowest BCUT2D eigenvalue weighted by Gasteiger charge is -2.27. The molecule has 4 rings (SSSR count). The first-order valence-corrected chi connectivity index (χ1v) is 12.0. The Kier molecular flexibility index (Phi) is 7.03. The highest BCUT2D eigenvalue weighted by atomic mass is 35.5. The number of hydrogen-bond acceptors (Lipinski definition) is 6. The van der Waals surface area contributed by atoms with Crippen molar-refractivity contribution in [1.82, 2.24) is 4.57 Å². The normalized spacial score (nSPS) is 15.8. The minimum absolute atomic E-state index is 0.0385. The number of fused-ring (bicyclic) bond motifs is 1. The highest BCUT2D eigenvalue weighted by molar-refractivity contribution is 7.07. The molecule has 1 atom stereocenters. The van der Waals surface area contributed by atoms with Crippen LogP contribution >= 0.6 is 34.5 Å². The summed E-state index contributed by atoms with van der Waals surface area (Å²) in [5.41, 5.74) is 10.2. The standard InChI is InChI=1S/C24H17Cl2F2N3O4S/c1-2-35-24(34)18-17(16-12(26)6-4-8-14(16)28)19(21(30)32)23-31(20(18)29)22(33)15(36-23)9-10-11(25)5-3-7-13(10)27/h3-9,17H,2,29H2,1H3,(H2,30,32). The molecule has 0 fully saturated rings. The van der Waals surface area contributed by atoms with Crippen molar-refractivity contribution in [3.63, 3.8) is 0 Å². The van der Waals surface area contributed by atoms with Crippen molar-refractivity contribution in [3.05, 3.63) is 94.3 Å². The van der Waals surface area contributed by atoms with E-state index >= 15 is 4.39 Å². The number of primary amides is 1. The zero-order valence-electron chi connectivity index (χ0n) is 18.5. The fourth-order valence-electron chi connectivity index (χ4n) is 3.95. The van der Waals surface area contributed by atoms with Gasteiger partial charge in [-0.15, -0.1) is 11.3 Å². The highest BCUT2D eigenvalue weighted by Crippen LogP contribution is 2.41. The van der Waals surface area contributed by atoms with Gasteiger partial charge in [0, 0.05) is 16.1 Å². The third kappa shape index (κ3) is 4.21. The topological polar surface area (TPSA) is 117 Å². The van der Waals surface area contributed by atoms with Gasteiger partial charge in [0.15, 0.2) is 0 Å². The van der Waals surface area contributed by atoms with Gasteiger partial charge >= 0.3 is 5.97 Å². The number of rotatable bonds is 5. The first-order valence-electron chi connectivity index (χ1n) is 10.4. The lowest BCUT2D eigenvalue weighted by Crippen LogP contribution is -2.42. The zero-order valence-corrected chi connectivity index (χ0v) is 20.8. The number of esters is 1. The lowest BCUT2D eigenvalue weighted by atomic mass is 9.82. The summed E-state index contributed by atoms with van der Waals surface area (Å²) in [5.74, 6) is -5.46. The Bertz CT molecular complexity index is 1610. The summed E-state index contributed by atoms with van der Waals surface area (Å²) in [6.07, 6.45) is 1.19. The van der Waals surface area contributed by atoms with Crippen LogP contribution in [0.25, 0.3) is 17.5 Å². The quantitative estimate of drug-likeness (QED) is 0.472. The molecule has 1 aliphatic rings. The van der Waals surface area contributed by atoms with Gasteiger partial charge in [0.25, 0.3) is 5.56 Å². The van der Waals surface area contributed by atoms with Gasteiger partial charge < -0.3 is 16.2 Å². The fourth-order valence-corrected chi connectivity index (χ4v) is 5.61. The van der Waals surface area contributed by atoms with Crippen LogP contribution in [0.1, 0.15) is 24.0 Å². The monoisotopic (exact) mass is 551 g/mol. The molecule has 186 valence electrons. The second-order valence-corrected chi connectivity index (χ2v) is 9.40. The lowest BCUT2D eigenvalue weighted by molar-refractivity contribution is -0.138. The second-order valence-electron chi connectivity index (χ2n) is 7.56. The van der Waals surface area contributed by atoms with E-state index in [0.29, 0.717) is 0 Å². The molecule has 1 amide bonds. The van der Waals surface area contributed by atoms with Crippen LogP contribution in [0.15, 0.2) is 46.8 Å². The van der Waals surface area contributed by atoms with Crippen LogP contribution in [0.3, 0.4) is 0 Å². The number of ether oxygens (including phenoxy) is 1. The highest BCUT2D eigenvalue weighted by Gasteiger charge is 2.40. The number of thiazole rings is 1. The van der Waals surface area contributed by atoms with E-state index in [4.69, 9.17) is 39.4 Å². The van der Waals surface area contributed by atoms with E-state index in [0.717, 1.165) is 28.0 Å². The van der Waals surface area contributed by atoms with Crippen LogP contribution < -0.4 is 26.2 Å². The molecule has 0 saturated heterocycles. The molecule has 0 bridgehead atoms. The van der Waals surface area contributed by atoms with Crippen molar-refractivity contribution in [2.45, 2.75) is 12.8 Å². The van der Waals surface area contributed by atoms with Gasteiger partial charge in [-0.05, 0) is 37.3 Å². The SMILES string of the molecule is CCOC(=O)C1=C(N)n2c(sc(=Cc3c(F)cccc3Cl)c2=O)=C(C(N)=O)C1c1c(F)cccc1Cl. The second kappa shape index (κ2) is 9.88. The van der Waals surface area contributed by atoms with Crippen molar-refractivity contribution < 1.29 is 23.1 Å². The number of carbonyl (C=O) groups excluding carboxylic acids is 2. The predicted octanol–water partition coefficient (Wildman–Crippen LogP) is 2.45. The number of hydrogen-bond donors (Lipinski definition) is 2. The summed E-state index contributed by atoms with van der Waals surface area (Å²) >= 11 is 13.1. The van der Waals surface area contributed by atoms with E-state index in [-0.39, 0.29) is 48.1 Å². The zero-order chi connectivity index (χ0) is 26.3. The molecular weight excluding hydrogens is 535 g/mol.